The van der Waals surface area contributed by atoms with Gasteiger partial charge in [-0.15, -0.1) is 0 Å². The fourth-order valence-corrected chi connectivity index (χ4v) is 13.2. The van der Waals surface area contributed by atoms with E-state index < -0.39 is 14.8 Å². The Hall–Kier alpha value is -0.990. The molecule has 9 rings (SSSR count). The number of piperidine rings is 1. The zero-order chi connectivity index (χ0) is 24.7. The van der Waals surface area contributed by atoms with Crippen LogP contribution in [0.5, 0.6) is 0 Å². The normalized spacial score (nSPS) is 50.8. The van der Waals surface area contributed by atoms with Crippen molar-refractivity contribution in [2.24, 2.45) is 28.1 Å². The Morgan fingerprint density at radius 3 is 2.67 bits per heavy atom. The van der Waals surface area contributed by atoms with Crippen molar-refractivity contribution >= 4 is 9.84 Å². The summed E-state index contributed by atoms with van der Waals surface area (Å²) in [4.78, 5) is 2.11. The van der Waals surface area contributed by atoms with Crippen molar-refractivity contribution in [1.82, 2.24) is 4.90 Å². The zero-order valence-corrected chi connectivity index (χ0v) is 22.4. The second-order valence-corrected chi connectivity index (χ2v) is 14.9. The molecule has 6 saturated carbocycles. The minimum absolute atomic E-state index is 0.0194. The highest BCUT2D eigenvalue weighted by atomic mass is 32.2. The third kappa shape index (κ3) is 2.20. The van der Waals surface area contributed by atoms with Gasteiger partial charge in [-0.25, -0.2) is 8.42 Å². The average molecular weight is 512 g/mol. The van der Waals surface area contributed by atoms with Crippen molar-refractivity contribution in [1.29, 1.82) is 0 Å². The Kier molecular flexibility index (Phi) is 4.43. The molecule has 2 radical (unpaired) electrons. The molecule has 1 aromatic carbocycles. The van der Waals surface area contributed by atoms with Crippen molar-refractivity contribution in [3.05, 3.63) is 42.2 Å². The summed E-state index contributed by atoms with van der Waals surface area (Å²) in [5, 5.41) is 0. The molecule has 2 aliphatic heterocycles. The molecule has 36 heavy (non-hydrogen) atoms. The topological polar surface area (TPSA) is 68.4 Å². The van der Waals surface area contributed by atoms with Crippen molar-refractivity contribution < 1.29 is 22.6 Å². The first kappa shape index (κ1) is 22.9. The van der Waals surface area contributed by atoms with Gasteiger partial charge in [-0.3, -0.25) is 4.90 Å². The standard InChI is InChI=1S/C29H37NO5S/c1-4-30-16-26(2)12-11-23(34-17-33-3)28-21(26)15-20(24(28)30)27-13-10-18(14-22(27)28)29(25(27)35-29)36(31,32)19-8-6-5-7-9-19/h5-9,18,20,23-25H,4,10-17H2,1-3H3/t18-,20?,23-,24+,25+,26-,27-,28?,29+/m0/s1. The summed E-state index contributed by atoms with van der Waals surface area (Å²) in [6, 6.07) is 9.42. The fraction of sp³-hybridized carbons (Fsp3) is 0.724. The molecule has 2 saturated heterocycles. The van der Waals surface area contributed by atoms with Crippen molar-refractivity contribution in [3.63, 3.8) is 0 Å². The van der Waals surface area contributed by atoms with Gasteiger partial charge in [0.25, 0.3) is 0 Å². The summed E-state index contributed by atoms with van der Waals surface area (Å²) in [7, 11) is -1.88. The Bertz CT molecular complexity index is 1210. The van der Waals surface area contributed by atoms with Gasteiger partial charge < -0.3 is 14.2 Å². The maximum absolute atomic E-state index is 14.2. The van der Waals surface area contributed by atoms with Gasteiger partial charge in [0.2, 0.25) is 14.8 Å². The lowest BCUT2D eigenvalue weighted by Crippen LogP contribution is -2.68. The van der Waals surface area contributed by atoms with Crippen LogP contribution in [0.3, 0.4) is 0 Å². The van der Waals surface area contributed by atoms with Crippen LogP contribution < -0.4 is 0 Å². The van der Waals surface area contributed by atoms with Crippen LogP contribution in [0.25, 0.3) is 0 Å². The highest BCUT2D eigenvalue weighted by Crippen LogP contribution is 2.89. The van der Waals surface area contributed by atoms with Crippen LogP contribution in [0.4, 0.5) is 0 Å². The van der Waals surface area contributed by atoms with E-state index in [4.69, 9.17) is 14.2 Å². The molecule has 0 aromatic heterocycles. The third-order valence-corrected chi connectivity index (χ3v) is 14.3. The number of ether oxygens (including phenoxy) is 3. The lowest BCUT2D eigenvalue weighted by atomic mass is 9.40. The molecule has 6 aliphatic carbocycles. The van der Waals surface area contributed by atoms with Crippen LogP contribution in [0, 0.1) is 39.9 Å². The Labute approximate surface area is 215 Å². The summed E-state index contributed by atoms with van der Waals surface area (Å²) in [5.41, 5.74) is -0.0374. The Morgan fingerprint density at radius 2 is 1.92 bits per heavy atom. The monoisotopic (exact) mass is 511 g/mol. The number of fused-ring (bicyclic) bond motifs is 1. The molecule has 8 fully saturated rings. The first-order valence-electron chi connectivity index (χ1n) is 13.9. The van der Waals surface area contributed by atoms with Crippen LogP contribution in [0.2, 0.25) is 0 Å². The van der Waals surface area contributed by atoms with E-state index in [1.807, 2.05) is 18.2 Å². The molecular weight excluding hydrogens is 474 g/mol. The second-order valence-electron chi connectivity index (χ2n) is 12.8. The number of hydrogen-bond donors (Lipinski definition) is 0. The molecule has 7 heteroatoms. The molecule has 9 atom stereocenters. The zero-order valence-electron chi connectivity index (χ0n) is 21.5. The van der Waals surface area contributed by atoms with Crippen LogP contribution in [-0.4, -0.2) is 63.5 Å². The lowest BCUT2D eigenvalue weighted by molar-refractivity contribution is -0.167. The van der Waals surface area contributed by atoms with E-state index in [0.717, 1.165) is 51.6 Å². The highest BCUT2D eigenvalue weighted by Gasteiger charge is 2.93. The van der Waals surface area contributed by atoms with E-state index in [0.29, 0.717) is 23.6 Å². The molecule has 2 unspecified atom stereocenters. The molecule has 6 nitrogen and oxygen atoms in total. The quantitative estimate of drug-likeness (QED) is 0.425. The van der Waals surface area contributed by atoms with Gasteiger partial charge in [0.05, 0.1) is 11.0 Å². The summed E-state index contributed by atoms with van der Waals surface area (Å²) >= 11 is 0. The number of benzene rings is 1. The van der Waals surface area contributed by atoms with Crippen molar-refractivity contribution in [2.45, 2.75) is 80.5 Å². The van der Waals surface area contributed by atoms with E-state index in [2.05, 4.69) is 18.7 Å². The van der Waals surface area contributed by atoms with Crippen LogP contribution in [0.15, 0.2) is 35.2 Å². The molecule has 8 aliphatic rings. The number of likely N-dealkylation sites (tertiary alicyclic amines) is 1. The van der Waals surface area contributed by atoms with Gasteiger partial charge in [-0.05, 0) is 80.4 Å². The third-order valence-electron chi connectivity index (χ3n) is 11.9. The van der Waals surface area contributed by atoms with E-state index in [1.54, 1.807) is 31.1 Å². The lowest BCUT2D eigenvalue weighted by Gasteiger charge is -2.66. The summed E-state index contributed by atoms with van der Waals surface area (Å²) in [6.45, 7) is 7.24. The molecule has 2 heterocycles. The van der Waals surface area contributed by atoms with E-state index in [1.165, 1.54) is 0 Å². The molecule has 7 bridgehead atoms. The van der Waals surface area contributed by atoms with E-state index in [9.17, 15) is 8.42 Å². The van der Waals surface area contributed by atoms with Crippen LogP contribution in [-0.2, 0) is 24.0 Å². The molecule has 0 N–H and O–H groups in total. The SMILES string of the molecule is CCN1C[C@]2(C)CC[C@H](OCOC)C34[C]2CC([C@@H]13)[C@@]12CC[C@@H](C[C]41)[C@]1(S(=O)(=O)c3ccccc3)O[C@@H]12. The average Bonchev–Trinajstić information content (AvgIpc) is 3.58. The summed E-state index contributed by atoms with van der Waals surface area (Å²) in [6.07, 6.45) is 6.05. The predicted molar refractivity (Wildman–Crippen MR) is 133 cm³/mol. The van der Waals surface area contributed by atoms with Crippen LogP contribution >= 0.6 is 0 Å². The molecule has 1 aromatic rings. The van der Waals surface area contributed by atoms with Gasteiger partial charge in [-0.1, -0.05) is 32.0 Å². The van der Waals surface area contributed by atoms with Crippen molar-refractivity contribution in [3.8, 4) is 0 Å². The van der Waals surface area contributed by atoms with E-state index in [-0.39, 0.29) is 34.4 Å². The molecule has 2 spiro atoms. The minimum atomic E-state index is -3.59. The number of sulfone groups is 1. The van der Waals surface area contributed by atoms with Gasteiger partial charge >= 0.3 is 0 Å². The summed E-state index contributed by atoms with van der Waals surface area (Å²) < 4.78 is 46.9. The smallest absolute Gasteiger partial charge is 0.210 e. The molecular formula is C29H37NO5S. The maximum Gasteiger partial charge on any atom is 0.210 e. The Morgan fingerprint density at radius 1 is 1.11 bits per heavy atom. The largest absolute Gasteiger partial charge is 0.359 e. The number of hydrogen-bond acceptors (Lipinski definition) is 6. The van der Waals surface area contributed by atoms with Crippen molar-refractivity contribution in [2.75, 3.05) is 27.0 Å². The first-order chi connectivity index (χ1) is 17.3. The fourth-order valence-electron chi connectivity index (χ4n) is 10.9. The molecule has 194 valence electrons. The number of nitrogens with zero attached hydrogens (tertiary/aromatic N) is 1. The van der Waals surface area contributed by atoms with Gasteiger partial charge in [0.15, 0.2) is 0 Å². The highest BCUT2D eigenvalue weighted by molar-refractivity contribution is 7.93. The maximum atomic E-state index is 14.2. The van der Waals surface area contributed by atoms with Gasteiger partial charge in [0, 0.05) is 36.4 Å². The minimum Gasteiger partial charge on any atom is -0.359 e. The predicted octanol–water partition coefficient (Wildman–Crippen LogP) is 4.02. The van der Waals surface area contributed by atoms with Crippen LogP contribution in [0.1, 0.15) is 52.4 Å². The number of methoxy groups -OCH3 is 1. The number of rotatable bonds is 6. The summed E-state index contributed by atoms with van der Waals surface area (Å²) in [5.74, 6) is 3.75. The van der Waals surface area contributed by atoms with Gasteiger partial charge in [0.1, 0.15) is 12.9 Å². The van der Waals surface area contributed by atoms with Gasteiger partial charge in [-0.2, -0.15) is 0 Å². The van der Waals surface area contributed by atoms with E-state index >= 15 is 0 Å². The first-order valence-corrected chi connectivity index (χ1v) is 15.4. The second kappa shape index (κ2) is 6.95. The number of epoxide rings is 1. The molecule has 0 amide bonds. The Balaban J connectivity index is 1.28.